The van der Waals surface area contributed by atoms with E-state index in [1.165, 1.54) is 16.5 Å². The van der Waals surface area contributed by atoms with Gasteiger partial charge in [0.1, 0.15) is 5.01 Å². The molecule has 1 aromatic carbocycles. The lowest BCUT2D eigenvalue weighted by Gasteiger charge is -2.10. The van der Waals surface area contributed by atoms with Gasteiger partial charge in [0.2, 0.25) is 0 Å². The molecular weight excluding hydrogens is 375 g/mol. The number of alkyl halides is 3. The summed E-state index contributed by atoms with van der Waals surface area (Å²) in [4.78, 5) is 11.0. The van der Waals surface area contributed by atoms with Gasteiger partial charge in [0.15, 0.2) is 11.7 Å². The molecule has 5 nitrogen and oxygen atoms in total. The van der Waals surface area contributed by atoms with E-state index in [-0.39, 0.29) is 6.54 Å². The van der Waals surface area contributed by atoms with E-state index in [0.29, 0.717) is 17.5 Å². The number of hydrogen-bond donors (Lipinski definition) is 3. The third kappa shape index (κ3) is 4.60. The Bertz CT molecular complexity index is 942. The Balaban J connectivity index is 1.52. The van der Waals surface area contributed by atoms with E-state index < -0.39 is 11.9 Å². The van der Waals surface area contributed by atoms with Gasteiger partial charge < -0.3 is 15.6 Å². The fourth-order valence-corrected chi connectivity index (χ4v) is 3.53. The molecule has 2 aromatic heterocycles. The molecule has 0 aliphatic rings. The van der Waals surface area contributed by atoms with E-state index in [4.69, 9.17) is 0 Å². The SMILES string of the molecule is CN=C(NCCc1c[nH]c2c(C)cccc12)NCc1nc(C(F)(F)F)cs1. The first-order valence-electron chi connectivity index (χ1n) is 8.40. The molecule has 0 aliphatic heterocycles. The van der Waals surface area contributed by atoms with Crippen LogP contribution in [0.2, 0.25) is 0 Å². The third-order valence-electron chi connectivity index (χ3n) is 4.17. The molecule has 0 radical (unpaired) electrons. The van der Waals surface area contributed by atoms with Crippen molar-refractivity contribution in [3.8, 4) is 0 Å². The number of aromatic amines is 1. The van der Waals surface area contributed by atoms with E-state index in [9.17, 15) is 13.2 Å². The van der Waals surface area contributed by atoms with Gasteiger partial charge in [0, 0.05) is 36.1 Å². The van der Waals surface area contributed by atoms with E-state index in [2.05, 4.69) is 44.7 Å². The topological polar surface area (TPSA) is 65.1 Å². The number of H-pyrrole nitrogens is 1. The molecule has 0 saturated carbocycles. The second-order valence-electron chi connectivity index (χ2n) is 6.04. The van der Waals surface area contributed by atoms with E-state index >= 15 is 0 Å². The van der Waals surface area contributed by atoms with E-state index in [1.54, 1.807) is 7.05 Å². The van der Waals surface area contributed by atoms with Gasteiger partial charge in [-0.05, 0) is 24.5 Å². The largest absolute Gasteiger partial charge is 0.434 e. The summed E-state index contributed by atoms with van der Waals surface area (Å²) in [6.45, 7) is 2.90. The summed E-state index contributed by atoms with van der Waals surface area (Å²) in [7, 11) is 1.62. The number of thiazole rings is 1. The molecule has 0 fully saturated rings. The Hall–Kier alpha value is -2.55. The highest BCUT2D eigenvalue weighted by Gasteiger charge is 2.33. The van der Waals surface area contributed by atoms with Crippen LogP contribution in [-0.2, 0) is 19.1 Å². The maximum atomic E-state index is 12.6. The standard InChI is InChI=1S/C18H20F3N5S/c1-11-4-3-5-13-12(8-24-16(11)13)6-7-23-17(22-2)25-9-15-26-14(10-27-15)18(19,20)21/h3-5,8,10,24H,6-7,9H2,1-2H3,(H2,22,23,25). The zero-order valence-electron chi connectivity index (χ0n) is 14.9. The Morgan fingerprint density at radius 1 is 1.30 bits per heavy atom. The molecule has 0 saturated heterocycles. The number of halogens is 3. The number of hydrogen-bond acceptors (Lipinski definition) is 3. The molecule has 2 heterocycles. The summed E-state index contributed by atoms with van der Waals surface area (Å²) in [5, 5.41) is 8.74. The summed E-state index contributed by atoms with van der Waals surface area (Å²) in [5.41, 5.74) is 2.68. The highest BCUT2D eigenvalue weighted by molar-refractivity contribution is 7.09. The normalized spacial score (nSPS) is 12.6. The van der Waals surface area contributed by atoms with Gasteiger partial charge in [-0.1, -0.05) is 18.2 Å². The highest BCUT2D eigenvalue weighted by atomic mass is 32.1. The van der Waals surface area contributed by atoms with Gasteiger partial charge in [-0.15, -0.1) is 11.3 Å². The predicted octanol–water partition coefficient (Wildman–Crippen LogP) is 3.86. The van der Waals surface area contributed by atoms with Crippen LogP contribution in [0.4, 0.5) is 13.2 Å². The lowest BCUT2D eigenvalue weighted by molar-refractivity contribution is -0.140. The van der Waals surface area contributed by atoms with Gasteiger partial charge in [-0.25, -0.2) is 4.98 Å². The van der Waals surface area contributed by atoms with Crippen LogP contribution in [0.1, 0.15) is 21.8 Å². The number of para-hydroxylation sites is 1. The van der Waals surface area contributed by atoms with E-state index in [1.807, 2.05) is 12.3 Å². The average Bonchev–Trinajstić information content (AvgIpc) is 3.26. The minimum Gasteiger partial charge on any atom is -0.361 e. The predicted molar refractivity (Wildman–Crippen MR) is 102 cm³/mol. The summed E-state index contributed by atoms with van der Waals surface area (Å²) < 4.78 is 37.8. The van der Waals surface area contributed by atoms with Crippen LogP contribution < -0.4 is 10.6 Å². The van der Waals surface area contributed by atoms with Crippen molar-refractivity contribution in [2.45, 2.75) is 26.1 Å². The molecule has 0 unspecified atom stereocenters. The van der Waals surface area contributed by atoms with Crippen LogP contribution in [0.25, 0.3) is 10.9 Å². The first-order chi connectivity index (χ1) is 12.9. The monoisotopic (exact) mass is 395 g/mol. The quantitative estimate of drug-likeness (QED) is 0.454. The Labute approximate surface area is 158 Å². The van der Waals surface area contributed by atoms with Gasteiger partial charge in [0.25, 0.3) is 0 Å². The number of guanidine groups is 1. The van der Waals surface area contributed by atoms with Crippen LogP contribution >= 0.6 is 11.3 Å². The first-order valence-corrected chi connectivity index (χ1v) is 9.28. The van der Waals surface area contributed by atoms with Crippen molar-refractivity contribution in [3.63, 3.8) is 0 Å². The Kier molecular flexibility index (Phi) is 5.69. The van der Waals surface area contributed by atoms with Gasteiger partial charge in [-0.2, -0.15) is 13.2 Å². The zero-order chi connectivity index (χ0) is 19.4. The summed E-state index contributed by atoms with van der Waals surface area (Å²) in [5.74, 6) is 0.523. The molecule has 0 atom stereocenters. The number of nitrogens with one attached hydrogen (secondary N) is 3. The number of aromatic nitrogens is 2. The fraction of sp³-hybridized carbons (Fsp3) is 0.333. The van der Waals surface area contributed by atoms with Crippen LogP contribution in [0.15, 0.2) is 34.8 Å². The highest BCUT2D eigenvalue weighted by Crippen LogP contribution is 2.29. The van der Waals surface area contributed by atoms with Crippen LogP contribution in [-0.4, -0.2) is 29.5 Å². The van der Waals surface area contributed by atoms with Crippen molar-refractivity contribution < 1.29 is 13.2 Å². The van der Waals surface area contributed by atoms with Crippen LogP contribution in [0.3, 0.4) is 0 Å². The van der Waals surface area contributed by atoms with Crippen molar-refractivity contribution in [2.24, 2.45) is 4.99 Å². The zero-order valence-corrected chi connectivity index (χ0v) is 15.8. The molecule has 0 amide bonds. The molecule has 0 bridgehead atoms. The van der Waals surface area contributed by atoms with Crippen molar-refractivity contribution in [1.82, 2.24) is 20.6 Å². The third-order valence-corrected chi connectivity index (χ3v) is 5.02. The number of rotatable bonds is 5. The number of benzene rings is 1. The molecule has 3 N–H and O–H groups in total. The smallest absolute Gasteiger partial charge is 0.361 e. The van der Waals surface area contributed by atoms with Crippen molar-refractivity contribution >= 4 is 28.2 Å². The number of aryl methyl sites for hydroxylation is 1. The molecule has 144 valence electrons. The molecule has 9 heteroatoms. The molecule has 3 aromatic rings. The van der Waals surface area contributed by atoms with E-state index in [0.717, 1.165) is 28.7 Å². The molecule has 0 aliphatic carbocycles. The van der Waals surface area contributed by atoms with Crippen LogP contribution in [0, 0.1) is 6.92 Å². The summed E-state index contributed by atoms with van der Waals surface area (Å²) in [6.07, 6.45) is -1.62. The van der Waals surface area contributed by atoms with Crippen molar-refractivity contribution in [1.29, 1.82) is 0 Å². The summed E-state index contributed by atoms with van der Waals surface area (Å²) in [6, 6.07) is 6.18. The lowest BCUT2D eigenvalue weighted by atomic mass is 10.1. The van der Waals surface area contributed by atoms with Crippen molar-refractivity contribution in [2.75, 3.05) is 13.6 Å². The second kappa shape index (κ2) is 7.99. The molecular formula is C18H20F3N5S. The minimum absolute atomic E-state index is 0.187. The van der Waals surface area contributed by atoms with Crippen LogP contribution in [0.5, 0.6) is 0 Å². The molecule has 27 heavy (non-hydrogen) atoms. The molecule has 3 rings (SSSR count). The van der Waals surface area contributed by atoms with Gasteiger partial charge in [0.05, 0.1) is 6.54 Å². The minimum atomic E-state index is -4.41. The number of fused-ring (bicyclic) bond motifs is 1. The maximum absolute atomic E-state index is 12.6. The van der Waals surface area contributed by atoms with Crippen molar-refractivity contribution in [3.05, 3.63) is 51.6 Å². The fourth-order valence-electron chi connectivity index (χ4n) is 2.79. The maximum Gasteiger partial charge on any atom is 0.434 e. The number of nitrogens with zero attached hydrogens (tertiary/aromatic N) is 2. The number of aliphatic imine (C=N–C) groups is 1. The van der Waals surface area contributed by atoms with Gasteiger partial charge >= 0.3 is 6.18 Å². The Morgan fingerprint density at radius 2 is 2.11 bits per heavy atom. The summed E-state index contributed by atoms with van der Waals surface area (Å²) >= 11 is 0.973. The molecule has 0 spiro atoms. The average molecular weight is 395 g/mol. The Morgan fingerprint density at radius 3 is 2.81 bits per heavy atom. The first kappa shape index (κ1) is 19.2. The van der Waals surface area contributed by atoms with Gasteiger partial charge in [-0.3, -0.25) is 4.99 Å². The lowest BCUT2D eigenvalue weighted by Crippen LogP contribution is -2.37. The second-order valence-corrected chi connectivity index (χ2v) is 6.98.